The van der Waals surface area contributed by atoms with E-state index in [2.05, 4.69) is 0 Å². The molecule has 0 N–H and O–H groups in total. The summed E-state index contributed by atoms with van der Waals surface area (Å²) in [7, 11) is 1.57. The van der Waals surface area contributed by atoms with Gasteiger partial charge in [-0.05, 0) is 74.7 Å². The normalized spacial score (nSPS) is 23.6. The third-order valence-electron chi connectivity index (χ3n) is 7.29. The van der Waals surface area contributed by atoms with Gasteiger partial charge in [0, 0.05) is 18.7 Å². The molecule has 3 amide bonds. The number of carbonyl (C=O) groups is 4. The summed E-state index contributed by atoms with van der Waals surface area (Å²) in [5.41, 5.74) is 3.00. The van der Waals surface area contributed by atoms with Crippen molar-refractivity contribution in [3.63, 3.8) is 0 Å². The van der Waals surface area contributed by atoms with Gasteiger partial charge in [0.05, 0.1) is 30.6 Å². The molecule has 0 unspecified atom stereocenters. The average molecular weight is 489 g/mol. The first-order chi connectivity index (χ1) is 17.3. The van der Waals surface area contributed by atoms with E-state index in [-0.39, 0.29) is 42.5 Å². The predicted octanol–water partition coefficient (Wildman–Crippen LogP) is 3.81. The highest BCUT2D eigenvalue weighted by molar-refractivity contribution is 6.22. The molecule has 3 aliphatic rings. The fourth-order valence-corrected chi connectivity index (χ4v) is 5.29. The summed E-state index contributed by atoms with van der Waals surface area (Å²) in [4.78, 5) is 54.3. The molecule has 5 rings (SSSR count). The fourth-order valence-electron chi connectivity index (χ4n) is 5.29. The van der Waals surface area contributed by atoms with Gasteiger partial charge in [-0.3, -0.25) is 19.2 Å². The molecule has 0 spiro atoms. The summed E-state index contributed by atoms with van der Waals surface area (Å²) in [6, 6.07) is 12.0. The summed E-state index contributed by atoms with van der Waals surface area (Å²) < 4.78 is 10.7. The second-order valence-electron chi connectivity index (χ2n) is 9.69. The van der Waals surface area contributed by atoms with Crippen LogP contribution in [0.2, 0.25) is 0 Å². The molecule has 2 fully saturated rings. The van der Waals surface area contributed by atoms with Crippen LogP contribution in [0.25, 0.3) is 0 Å². The maximum Gasteiger partial charge on any atom is 0.316 e. The van der Waals surface area contributed by atoms with Crippen LogP contribution in [-0.4, -0.2) is 37.3 Å². The van der Waals surface area contributed by atoms with Crippen LogP contribution in [0.5, 0.6) is 11.5 Å². The van der Waals surface area contributed by atoms with Crippen molar-refractivity contribution in [1.29, 1.82) is 0 Å². The third kappa shape index (κ3) is 4.17. The number of anilines is 2. The minimum Gasteiger partial charge on any atom is -0.497 e. The molecule has 186 valence electrons. The SMILES string of the molecule is COc1ccc(N2C[C@H](C(=O)Oc3ccc(N4C(=O)[C@H]5CC=C(C)C[C@@H]5C4=O)c(C)c3)CC2=O)cc1. The molecule has 0 radical (unpaired) electrons. The van der Waals surface area contributed by atoms with Crippen LogP contribution in [-0.2, 0) is 19.2 Å². The van der Waals surface area contributed by atoms with Crippen LogP contribution in [0.3, 0.4) is 0 Å². The highest BCUT2D eigenvalue weighted by Crippen LogP contribution is 2.41. The zero-order chi connectivity index (χ0) is 25.6. The van der Waals surface area contributed by atoms with Crippen LogP contribution in [0, 0.1) is 24.7 Å². The molecule has 8 heteroatoms. The Kier molecular flexibility index (Phi) is 6.12. The number of rotatable bonds is 5. The molecule has 0 aromatic heterocycles. The lowest BCUT2D eigenvalue weighted by molar-refractivity contribution is -0.139. The predicted molar refractivity (Wildman–Crippen MR) is 133 cm³/mol. The van der Waals surface area contributed by atoms with Gasteiger partial charge in [-0.1, -0.05) is 11.6 Å². The Bertz CT molecular complexity index is 1280. The van der Waals surface area contributed by atoms with Gasteiger partial charge >= 0.3 is 5.97 Å². The van der Waals surface area contributed by atoms with Crippen molar-refractivity contribution in [3.05, 3.63) is 59.7 Å². The van der Waals surface area contributed by atoms with E-state index in [9.17, 15) is 19.2 Å². The number of esters is 1. The van der Waals surface area contributed by atoms with Gasteiger partial charge in [0.15, 0.2) is 0 Å². The number of amides is 3. The molecule has 0 bridgehead atoms. The molecule has 2 aliphatic heterocycles. The summed E-state index contributed by atoms with van der Waals surface area (Å²) in [5.74, 6) is -1.22. The van der Waals surface area contributed by atoms with Crippen molar-refractivity contribution < 1.29 is 28.7 Å². The van der Waals surface area contributed by atoms with E-state index in [4.69, 9.17) is 9.47 Å². The van der Waals surface area contributed by atoms with Crippen molar-refractivity contribution in [1.82, 2.24) is 0 Å². The Morgan fingerprint density at radius 3 is 2.31 bits per heavy atom. The van der Waals surface area contributed by atoms with E-state index < -0.39 is 11.9 Å². The number of imide groups is 1. The lowest BCUT2D eigenvalue weighted by Gasteiger charge is -2.19. The van der Waals surface area contributed by atoms with E-state index in [1.807, 2.05) is 13.0 Å². The number of ether oxygens (including phenoxy) is 2. The molecule has 3 atom stereocenters. The number of hydrogen-bond acceptors (Lipinski definition) is 6. The van der Waals surface area contributed by atoms with Gasteiger partial charge in [0.2, 0.25) is 17.7 Å². The maximum atomic E-state index is 13.0. The molecule has 2 aromatic rings. The minimum atomic E-state index is -0.597. The second kappa shape index (κ2) is 9.26. The van der Waals surface area contributed by atoms with Crippen LogP contribution < -0.4 is 19.3 Å². The van der Waals surface area contributed by atoms with Gasteiger partial charge in [-0.2, -0.15) is 0 Å². The number of fused-ring (bicyclic) bond motifs is 1. The number of carbonyl (C=O) groups excluding carboxylic acids is 4. The van der Waals surface area contributed by atoms with Gasteiger partial charge in [0.1, 0.15) is 11.5 Å². The smallest absolute Gasteiger partial charge is 0.316 e. The first-order valence-electron chi connectivity index (χ1n) is 12.1. The number of aryl methyl sites for hydroxylation is 1. The molecule has 36 heavy (non-hydrogen) atoms. The van der Waals surface area contributed by atoms with E-state index in [1.165, 1.54) is 4.90 Å². The summed E-state index contributed by atoms with van der Waals surface area (Å²) in [6.45, 7) is 4.00. The zero-order valence-electron chi connectivity index (χ0n) is 20.5. The van der Waals surface area contributed by atoms with E-state index in [0.29, 0.717) is 41.3 Å². The van der Waals surface area contributed by atoms with Crippen molar-refractivity contribution in [2.75, 3.05) is 23.5 Å². The van der Waals surface area contributed by atoms with Gasteiger partial charge in [0.25, 0.3) is 0 Å². The molecular weight excluding hydrogens is 460 g/mol. The van der Waals surface area contributed by atoms with Gasteiger partial charge in [-0.25, -0.2) is 4.90 Å². The quantitative estimate of drug-likeness (QED) is 0.275. The minimum absolute atomic E-state index is 0.0644. The largest absolute Gasteiger partial charge is 0.497 e. The molecule has 2 aromatic carbocycles. The second-order valence-corrected chi connectivity index (χ2v) is 9.69. The van der Waals surface area contributed by atoms with Crippen molar-refractivity contribution >= 4 is 35.1 Å². The maximum absolute atomic E-state index is 13.0. The van der Waals surface area contributed by atoms with Crippen molar-refractivity contribution in [2.45, 2.75) is 33.1 Å². The molecule has 0 saturated carbocycles. The van der Waals surface area contributed by atoms with Crippen molar-refractivity contribution in [2.24, 2.45) is 17.8 Å². The molecule has 8 nitrogen and oxygen atoms in total. The highest BCUT2D eigenvalue weighted by atomic mass is 16.5. The Labute approximate surface area is 209 Å². The topological polar surface area (TPSA) is 93.2 Å². The molecule has 1 aliphatic carbocycles. The number of benzene rings is 2. The van der Waals surface area contributed by atoms with Gasteiger partial charge in [-0.15, -0.1) is 0 Å². The Morgan fingerprint density at radius 2 is 1.61 bits per heavy atom. The fraction of sp³-hybridized carbons (Fsp3) is 0.357. The summed E-state index contributed by atoms with van der Waals surface area (Å²) in [6.07, 6.45) is 3.29. The first kappa shape index (κ1) is 23.8. The monoisotopic (exact) mass is 488 g/mol. The lowest BCUT2D eigenvalue weighted by Crippen LogP contribution is -2.31. The first-order valence-corrected chi connectivity index (χ1v) is 12.1. The number of allylic oxidation sites excluding steroid dienone is 2. The Hall–Kier alpha value is -3.94. The van der Waals surface area contributed by atoms with Crippen LogP contribution in [0.4, 0.5) is 11.4 Å². The van der Waals surface area contributed by atoms with E-state index >= 15 is 0 Å². The molecular formula is C28H28N2O6. The van der Waals surface area contributed by atoms with Crippen LogP contribution in [0.1, 0.15) is 31.7 Å². The third-order valence-corrected chi connectivity index (χ3v) is 7.29. The van der Waals surface area contributed by atoms with E-state index in [0.717, 1.165) is 5.57 Å². The summed E-state index contributed by atoms with van der Waals surface area (Å²) >= 11 is 0. The number of hydrogen-bond donors (Lipinski definition) is 0. The number of nitrogens with zero attached hydrogens (tertiary/aromatic N) is 2. The van der Waals surface area contributed by atoms with Gasteiger partial charge < -0.3 is 14.4 Å². The zero-order valence-corrected chi connectivity index (χ0v) is 20.5. The highest BCUT2D eigenvalue weighted by Gasteiger charge is 2.49. The average Bonchev–Trinajstić information content (AvgIpc) is 3.37. The molecule has 2 saturated heterocycles. The van der Waals surface area contributed by atoms with E-state index in [1.54, 1.807) is 61.4 Å². The lowest BCUT2D eigenvalue weighted by atomic mass is 9.82. The van der Waals surface area contributed by atoms with Crippen molar-refractivity contribution in [3.8, 4) is 11.5 Å². The Morgan fingerprint density at radius 1 is 0.917 bits per heavy atom. The standard InChI is InChI=1S/C28H28N2O6/c1-16-4-10-22-23(12-16)27(33)30(26(22)32)24-11-9-21(13-17(24)2)36-28(34)18-14-25(31)29(15-18)19-5-7-20(35-3)8-6-19/h4-9,11,13,18,22-23H,10,12,14-15H2,1-3H3/t18-,22+,23+/m1/s1. The van der Waals surface area contributed by atoms with Crippen LogP contribution >= 0.6 is 0 Å². The molecule has 2 heterocycles. The summed E-state index contributed by atoms with van der Waals surface area (Å²) in [5, 5.41) is 0. The number of methoxy groups -OCH3 is 1. The Balaban J connectivity index is 1.27. The van der Waals surface area contributed by atoms with Crippen LogP contribution in [0.15, 0.2) is 54.1 Å².